The largest absolute Gasteiger partial charge is 0.382 e. The lowest BCUT2D eigenvalue weighted by atomic mass is 9.86. The Labute approximate surface area is 172 Å². The zero-order chi connectivity index (χ0) is 21.0. The van der Waals surface area contributed by atoms with Crippen LogP contribution in [0.4, 0.5) is 4.79 Å². The van der Waals surface area contributed by atoms with E-state index in [1.807, 2.05) is 42.7 Å². The predicted molar refractivity (Wildman–Crippen MR) is 108 cm³/mol. The van der Waals surface area contributed by atoms with Gasteiger partial charge in [-0.25, -0.2) is 4.79 Å². The molecule has 0 bridgehead atoms. The number of β-lactam (4-membered cyclic amide) rings is 1. The Bertz CT molecular complexity index is 698. The standard InChI is InChI=1S/C21H32N4O4/c1-21(2,3)23-20(27)24-11-7-16(8-12-24)25-17(15-5-9-22-10-6-15)18(19(25)26)29-14-13-28-4/h5-6,9-10,16-18H,7-8,11-14H2,1-4H3,(H,23,27). The number of amides is 3. The zero-order valence-corrected chi connectivity index (χ0v) is 17.8. The van der Waals surface area contributed by atoms with Crippen molar-refractivity contribution in [2.75, 3.05) is 33.4 Å². The van der Waals surface area contributed by atoms with Gasteiger partial charge in [-0.15, -0.1) is 0 Å². The Balaban J connectivity index is 1.65. The zero-order valence-electron chi connectivity index (χ0n) is 17.8. The van der Waals surface area contributed by atoms with Crippen molar-refractivity contribution in [1.29, 1.82) is 0 Å². The summed E-state index contributed by atoms with van der Waals surface area (Å²) < 4.78 is 10.9. The van der Waals surface area contributed by atoms with Crippen molar-refractivity contribution in [3.8, 4) is 0 Å². The van der Waals surface area contributed by atoms with Crippen LogP contribution in [0.3, 0.4) is 0 Å². The number of pyridine rings is 1. The van der Waals surface area contributed by atoms with Gasteiger partial charge in [-0.2, -0.15) is 0 Å². The number of hydrogen-bond acceptors (Lipinski definition) is 5. The van der Waals surface area contributed by atoms with Crippen LogP contribution in [-0.4, -0.2) is 77.8 Å². The first kappa shape index (κ1) is 21.5. The van der Waals surface area contributed by atoms with Gasteiger partial charge >= 0.3 is 6.03 Å². The lowest BCUT2D eigenvalue weighted by Crippen LogP contribution is -2.65. The van der Waals surface area contributed by atoms with E-state index in [9.17, 15) is 9.59 Å². The Morgan fingerprint density at radius 3 is 2.45 bits per heavy atom. The third kappa shape index (κ3) is 5.05. The highest BCUT2D eigenvalue weighted by Crippen LogP contribution is 2.40. The molecule has 0 aromatic carbocycles. The number of nitrogens with zero attached hydrogens (tertiary/aromatic N) is 3. The summed E-state index contributed by atoms with van der Waals surface area (Å²) in [4.78, 5) is 33.2. The summed E-state index contributed by atoms with van der Waals surface area (Å²) in [6.07, 6.45) is 4.50. The summed E-state index contributed by atoms with van der Waals surface area (Å²) in [6, 6.07) is 3.80. The molecular weight excluding hydrogens is 372 g/mol. The number of nitrogens with one attached hydrogen (secondary N) is 1. The molecule has 2 saturated heterocycles. The molecule has 3 rings (SSSR count). The molecule has 8 nitrogen and oxygen atoms in total. The number of aromatic nitrogens is 1. The molecule has 0 radical (unpaired) electrons. The molecule has 2 fully saturated rings. The second-order valence-corrected chi connectivity index (χ2v) is 8.65. The van der Waals surface area contributed by atoms with Crippen molar-refractivity contribution >= 4 is 11.9 Å². The molecule has 8 heteroatoms. The van der Waals surface area contributed by atoms with Crippen LogP contribution < -0.4 is 5.32 Å². The molecule has 3 heterocycles. The fourth-order valence-electron chi connectivity index (χ4n) is 3.95. The molecule has 0 spiro atoms. The average Bonchev–Trinajstić information content (AvgIpc) is 2.69. The Morgan fingerprint density at radius 2 is 1.86 bits per heavy atom. The summed E-state index contributed by atoms with van der Waals surface area (Å²) in [5, 5.41) is 3.01. The van der Waals surface area contributed by atoms with Gasteiger partial charge in [0.2, 0.25) is 0 Å². The maximum Gasteiger partial charge on any atom is 0.317 e. The average molecular weight is 405 g/mol. The van der Waals surface area contributed by atoms with Crippen molar-refractivity contribution in [2.24, 2.45) is 0 Å². The maximum absolute atomic E-state index is 12.9. The van der Waals surface area contributed by atoms with Crippen LogP contribution in [-0.2, 0) is 14.3 Å². The second kappa shape index (κ2) is 9.09. The minimum atomic E-state index is -0.491. The molecule has 2 unspecified atom stereocenters. The van der Waals surface area contributed by atoms with E-state index in [1.54, 1.807) is 19.5 Å². The molecular formula is C21H32N4O4. The van der Waals surface area contributed by atoms with Crippen molar-refractivity contribution < 1.29 is 19.1 Å². The van der Waals surface area contributed by atoms with Gasteiger partial charge in [0, 0.05) is 44.2 Å². The molecule has 1 aromatic rings. The fraction of sp³-hybridized carbons (Fsp3) is 0.667. The van der Waals surface area contributed by atoms with E-state index in [2.05, 4.69) is 10.3 Å². The van der Waals surface area contributed by atoms with Gasteiger partial charge in [-0.1, -0.05) is 0 Å². The Kier molecular flexibility index (Phi) is 6.74. The Morgan fingerprint density at radius 1 is 1.21 bits per heavy atom. The quantitative estimate of drug-likeness (QED) is 0.579. The van der Waals surface area contributed by atoms with Crippen molar-refractivity contribution in [3.05, 3.63) is 30.1 Å². The smallest absolute Gasteiger partial charge is 0.317 e. The Hall–Kier alpha value is -2.19. The topological polar surface area (TPSA) is 84.0 Å². The lowest BCUT2D eigenvalue weighted by Gasteiger charge is -2.52. The number of piperidine rings is 1. The highest BCUT2D eigenvalue weighted by Gasteiger charge is 2.52. The second-order valence-electron chi connectivity index (χ2n) is 8.65. The fourth-order valence-corrected chi connectivity index (χ4v) is 3.95. The van der Waals surface area contributed by atoms with Gasteiger partial charge in [0.25, 0.3) is 5.91 Å². The number of methoxy groups -OCH3 is 1. The maximum atomic E-state index is 12.9. The van der Waals surface area contributed by atoms with Crippen LogP contribution in [0.5, 0.6) is 0 Å². The highest BCUT2D eigenvalue weighted by molar-refractivity contribution is 5.89. The molecule has 2 aliphatic rings. The third-order valence-electron chi connectivity index (χ3n) is 5.34. The number of hydrogen-bond donors (Lipinski definition) is 1. The van der Waals surface area contributed by atoms with Crippen molar-refractivity contribution in [3.63, 3.8) is 0 Å². The molecule has 1 N–H and O–H groups in total. The SMILES string of the molecule is COCCOC1C(=O)N(C2CCN(C(=O)NC(C)(C)C)CC2)C1c1ccncc1. The van der Waals surface area contributed by atoms with E-state index in [0.717, 1.165) is 18.4 Å². The van der Waals surface area contributed by atoms with Gasteiger partial charge in [0.15, 0.2) is 6.10 Å². The summed E-state index contributed by atoms with van der Waals surface area (Å²) >= 11 is 0. The number of likely N-dealkylation sites (tertiary alicyclic amines) is 2. The van der Waals surface area contributed by atoms with E-state index in [1.165, 1.54) is 0 Å². The van der Waals surface area contributed by atoms with Crippen LogP contribution in [0.15, 0.2) is 24.5 Å². The minimum absolute atomic E-state index is 0.0144. The number of ether oxygens (including phenoxy) is 2. The summed E-state index contributed by atoms with van der Waals surface area (Å²) in [6.45, 7) is 8.02. The van der Waals surface area contributed by atoms with Crippen molar-refractivity contribution in [1.82, 2.24) is 20.1 Å². The van der Waals surface area contributed by atoms with E-state index < -0.39 is 6.10 Å². The van der Waals surface area contributed by atoms with E-state index in [0.29, 0.717) is 26.3 Å². The number of urea groups is 1. The molecule has 2 aliphatic heterocycles. The highest BCUT2D eigenvalue weighted by atomic mass is 16.5. The third-order valence-corrected chi connectivity index (χ3v) is 5.34. The van der Waals surface area contributed by atoms with Crippen LogP contribution >= 0.6 is 0 Å². The van der Waals surface area contributed by atoms with Gasteiger partial charge in [-0.3, -0.25) is 9.78 Å². The van der Waals surface area contributed by atoms with E-state index in [-0.39, 0.29) is 29.6 Å². The number of carbonyl (C=O) groups excluding carboxylic acids is 2. The number of carbonyl (C=O) groups is 2. The van der Waals surface area contributed by atoms with Crippen LogP contribution in [0.2, 0.25) is 0 Å². The molecule has 3 amide bonds. The molecule has 29 heavy (non-hydrogen) atoms. The van der Waals surface area contributed by atoms with Crippen LogP contribution in [0.25, 0.3) is 0 Å². The van der Waals surface area contributed by atoms with Crippen molar-refractivity contribution in [2.45, 2.75) is 57.3 Å². The monoisotopic (exact) mass is 404 g/mol. The van der Waals surface area contributed by atoms with Gasteiger partial charge < -0.3 is 24.6 Å². The number of rotatable bonds is 6. The molecule has 0 aliphatic carbocycles. The van der Waals surface area contributed by atoms with E-state index >= 15 is 0 Å². The molecule has 2 atom stereocenters. The summed E-state index contributed by atoms with van der Waals surface area (Å²) in [5.74, 6) is 0.0144. The first-order valence-corrected chi connectivity index (χ1v) is 10.2. The predicted octanol–water partition coefficient (Wildman–Crippen LogP) is 1.97. The van der Waals surface area contributed by atoms with Gasteiger partial charge in [0.05, 0.1) is 19.3 Å². The van der Waals surface area contributed by atoms with Gasteiger partial charge in [-0.05, 0) is 51.3 Å². The summed E-state index contributed by atoms with van der Waals surface area (Å²) in [7, 11) is 1.61. The van der Waals surface area contributed by atoms with Crippen LogP contribution in [0, 0.1) is 0 Å². The molecule has 160 valence electrons. The minimum Gasteiger partial charge on any atom is -0.382 e. The first-order valence-electron chi connectivity index (χ1n) is 10.2. The van der Waals surface area contributed by atoms with Crippen LogP contribution in [0.1, 0.15) is 45.2 Å². The van der Waals surface area contributed by atoms with Gasteiger partial charge in [0.1, 0.15) is 0 Å². The first-order chi connectivity index (χ1) is 13.8. The molecule has 1 aromatic heterocycles. The van der Waals surface area contributed by atoms with E-state index in [4.69, 9.17) is 9.47 Å². The normalized spacial score (nSPS) is 23.1. The molecule has 0 saturated carbocycles. The lowest BCUT2D eigenvalue weighted by molar-refractivity contribution is -0.183. The summed E-state index contributed by atoms with van der Waals surface area (Å²) in [5.41, 5.74) is 0.760.